The summed E-state index contributed by atoms with van der Waals surface area (Å²) in [7, 11) is 0. The molecule has 1 saturated carbocycles. The van der Waals surface area contributed by atoms with E-state index in [1.165, 1.54) is 4.90 Å². The van der Waals surface area contributed by atoms with Gasteiger partial charge in [-0.3, -0.25) is 9.59 Å². The summed E-state index contributed by atoms with van der Waals surface area (Å²) < 4.78 is 27.4. The Hall–Kier alpha value is -2.35. The molecule has 0 radical (unpaired) electrons. The van der Waals surface area contributed by atoms with E-state index in [1.807, 2.05) is 6.07 Å². The second-order valence-corrected chi connectivity index (χ2v) is 7.58. The highest BCUT2D eigenvalue weighted by atomic mass is 79.9. The zero-order valence-corrected chi connectivity index (χ0v) is 15.1. The molecule has 0 atom stereocenters. The molecule has 1 N–H and O–H groups in total. The molecule has 134 valence electrons. The lowest BCUT2D eigenvalue weighted by Crippen LogP contribution is -2.46. The SMILES string of the molecule is O=C(CN1CC2(CC2)c2cc(Br)ccc2C1=O)Nc1ncc(F)cc1F. The van der Waals surface area contributed by atoms with E-state index in [4.69, 9.17) is 0 Å². The van der Waals surface area contributed by atoms with Crippen molar-refractivity contribution in [2.45, 2.75) is 18.3 Å². The Morgan fingerprint density at radius 3 is 2.77 bits per heavy atom. The summed E-state index contributed by atoms with van der Waals surface area (Å²) in [5, 5.41) is 2.29. The van der Waals surface area contributed by atoms with Gasteiger partial charge in [0.15, 0.2) is 11.6 Å². The molecule has 1 aliphatic carbocycles. The maximum Gasteiger partial charge on any atom is 0.254 e. The highest BCUT2D eigenvalue weighted by Crippen LogP contribution is 2.52. The van der Waals surface area contributed by atoms with E-state index in [2.05, 4.69) is 26.2 Å². The minimum absolute atomic E-state index is 0.104. The Morgan fingerprint density at radius 1 is 1.31 bits per heavy atom. The third kappa shape index (κ3) is 2.98. The number of pyridine rings is 1. The van der Waals surface area contributed by atoms with Crippen molar-refractivity contribution in [3.8, 4) is 0 Å². The standard InChI is InChI=1S/C18H14BrF2N3O2/c19-10-1-2-12-13(5-10)18(3-4-18)9-24(17(12)26)8-15(25)23-16-14(21)6-11(20)7-22-16/h1-2,5-7H,3-4,8-9H2,(H,22,23,25). The molecule has 8 heteroatoms. The first-order valence-electron chi connectivity index (χ1n) is 8.08. The number of nitrogens with zero attached hydrogens (tertiary/aromatic N) is 2. The van der Waals surface area contributed by atoms with Crippen LogP contribution in [0.1, 0.15) is 28.8 Å². The predicted molar refractivity (Wildman–Crippen MR) is 93.7 cm³/mol. The van der Waals surface area contributed by atoms with E-state index in [0.29, 0.717) is 18.2 Å². The van der Waals surface area contributed by atoms with Gasteiger partial charge in [-0.2, -0.15) is 0 Å². The van der Waals surface area contributed by atoms with Crippen LogP contribution < -0.4 is 5.32 Å². The number of hydrogen-bond donors (Lipinski definition) is 1. The Balaban J connectivity index is 1.53. The third-order valence-corrected chi connectivity index (χ3v) is 5.31. The average Bonchev–Trinajstić information content (AvgIpc) is 3.35. The first-order chi connectivity index (χ1) is 12.4. The second-order valence-electron chi connectivity index (χ2n) is 6.66. The first-order valence-corrected chi connectivity index (χ1v) is 8.87. The van der Waals surface area contributed by atoms with Gasteiger partial charge in [0.2, 0.25) is 5.91 Å². The molecule has 26 heavy (non-hydrogen) atoms. The predicted octanol–water partition coefficient (Wildman–Crippen LogP) is 3.25. The molecule has 2 amide bonds. The van der Waals surface area contributed by atoms with Gasteiger partial charge in [-0.15, -0.1) is 0 Å². The third-order valence-electron chi connectivity index (χ3n) is 4.82. The highest BCUT2D eigenvalue weighted by molar-refractivity contribution is 9.10. The molecule has 1 aromatic carbocycles. The number of aromatic nitrogens is 1. The number of benzene rings is 1. The molecule has 1 fully saturated rings. The number of carbonyl (C=O) groups is 2. The molecule has 0 unspecified atom stereocenters. The fourth-order valence-electron chi connectivity index (χ4n) is 3.39. The van der Waals surface area contributed by atoms with Crippen molar-refractivity contribution in [1.82, 2.24) is 9.88 Å². The molecule has 5 nitrogen and oxygen atoms in total. The van der Waals surface area contributed by atoms with Crippen LogP contribution in [0, 0.1) is 11.6 Å². The first kappa shape index (κ1) is 17.1. The van der Waals surface area contributed by atoms with Crippen LogP contribution in [0.4, 0.5) is 14.6 Å². The van der Waals surface area contributed by atoms with Crippen LogP contribution in [0.3, 0.4) is 0 Å². The summed E-state index contributed by atoms with van der Waals surface area (Å²) >= 11 is 3.44. The van der Waals surface area contributed by atoms with E-state index < -0.39 is 17.5 Å². The van der Waals surface area contributed by atoms with Crippen LogP contribution in [0.2, 0.25) is 0 Å². The summed E-state index contributed by atoms with van der Waals surface area (Å²) in [6.45, 7) is 0.233. The number of nitrogens with one attached hydrogen (secondary N) is 1. The van der Waals surface area contributed by atoms with E-state index in [0.717, 1.165) is 29.1 Å². The van der Waals surface area contributed by atoms with Gasteiger partial charge in [-0.05, 0) is 36.6 Å². The van der Waals surface area contributed by atoms with Crippen molar-refractivity contribution in [2.75, 3.05) is 18.4 Å². The number of amides is 2. The van der Waals surface area contributed by atoms with Crippen molar-refractivity contribution in [2.24, 2.45) is 0 Å². The summed E-state index contributed by atoms with van der Waals surface area (Å²) in [5.74, 6) is -2.95. The normalized spacial score (nSPS) is 17.2. The lowest BCUT2D eigenvalue weighted by molar-refractivity contribution is -0.117. The molecule has 0 saturated heterocycles. The number of carbonyl (C=O) groups excluding carboxylic acids is 2. The van der Waals surface area contributed by atoms with Crippen LogP contribution in [-0.4, -0.2) is 34.8 Å². The van der Waals surface area contributed by atoms with Crippen LogP contribution >= 0.6 is 15.9 Å². The van der Waals surface area contributed by atoms with Crippen LogP contribution in [0.5, 0.6) is 0 Å². The zero-order chi connectivity index (χ0) is 18.5. The highest BCUT2D eigenvalue weighted by Gasteiger charge is 2.51. The van der Waals surface area contributed by atoms with E-state index in [1.54, 1.807) is 12.1 Å². The molecule has 0 bridgehead atoms. The molecular weight excluding hydrogens is 408 g/mol. The van der Waals surface area contributed by atoms with Gasteiger partial charge < -0.3 is 10.2 Å². The van der Waals surface area contributed by atoms with E-state index >= 15 is 0 Å². The number of anilines is 1. The van der Waals surface area contributed by atoms with Gasteiger partial charge in [0.05, 0.1) is 6.20 Å². The Labute approximate surface area is 156 Å². The molecule has 2 aliphatic rings. The van der Waals surface area contributed by atoms with Gasteiger partial charge in [-0.25, -0.2) is 13.8 Å². The topological polar surface area (TPSA) is 62.3 Å². The molecule has 2 aromatic rings. The molecule has 1 aromatic heterocycles. The monoisotopic (exact) mass is 421 g/mol. The minimum Gasteiger partial charge on any atom is -0.328 e. The van der Waals surface area contributed by atoms with Crippen molar-refractivity contribution in [3.05, 3.63) is 57.7 Å². The fourth-order valence-corrected chi connectivity index (χ4v) is 3.75. The Morgan fingerprint density at radius 2 is 2.08 bits per heavy atom. The van der Waals surface area contributed by atoms with Gasteiger partial charge in [-0.1, -0.05) is 15.9 Å². The quantitative estimate of drug-likeness (QED) is 0.827. The Bertz CT molecular complexity index is 931. The van der Waals surface area contributed by atoms with Crippen molar-refractivity contribution in [1.29, 1.82) is 0 Å². The summed E-state index contributed by atoms with van der Waals surface area (Å²) in [6, 6.07) is 6.17. The lowest BCUT2D eigenvalue weighted by atomic mass is 9.86. The molecular formula is C18H14BrF2N3O2. The number of rotatable bonds is 3. The zero-order valence-electron chi connectivity index (χ0n) is 13.6. The average molecular weight is 422 g/mol. The molecule has 1 aliphatic heterocycles. The summed E-state index contributed by atoms with van der Waals surface area (Å²) in [4.78, 5) is 30.0. The fraction of sp³-hybridized carbons (Fsp3) is 0.278. The largest absolute Gasteiger partial charge is 0.328 e. The maximum atomic E-state index is 13.6. The van der Waals surface area contributed by atoms with Crippen molar-refractivity contribution < 1.29 is 18.4 Å². The van der Waals surface area contributed by atoms with Crippen molar-refractivity contribution in [3.63, 3.8) is 0 Å². The second kappa shape index (κ2) is 6.12. The van der Waals surface area contributed by atoms with Gasteiger partial charge in [0.25, 0.3) is 5.91 Å². The van der Waals surface area contributed by atoms with Crippen LogP contribution in [0.15, 0.2) is 34.9 Å². The maximum absolute atomic E-state index is 13.6. The van der Waals surface area contributed by atoms with Crippen LogP contribution in [0.25, 0.3) is 0 Å². The lowest BCUT2D eigenvalue weighted by Gasteiger charge is -2.34. The number of halogens is 3. The molecule has 4 rings (SSSR count). The Kier molecular flexibility index (Phi) is 4.02. The van der Waals surface area contributed by atoms with Gasteiger partial charge in [0.1, 0.15) is 12.4 Å². The van der Waals surface area contributed by atoms with Crippen molar-refractivity contribution >= 4 is 33.6 Å². The summed E-state index contributed by atoms with van der Waals surface area (Å²) in [5.41, 5.74) is 1.50. The molecule has 2 heterocycles. The smallest absolute Gasteiger partial charge is 0.254 e. The van der Waals surface area contributed by atoms with E-state index in [-0.39, 0.29) is 23.7 Å². The molecule has 1 spiro atoms. The van der Waals surface area contributed by atoms with Gasteiger partial charge in [0, 0.05) is 28.1 Å². The van der Waals surface area contributed by atoms with Crippen LogP contribution in [-0.2, 0) is 10.2 Å². The minimum atomic E-state index is -0.961. The number of fused-ring (bicyclic) bond motifs is 2. The number of hydrogen-bond acceptors (Lipinski definition) is 3. The van der Waals surface area contributed by atoms with Gasteiger partial charge >= 0.3 is 0 Å². The van der Waals surface area contributed by atoms with E-state index in [9.17, 15) is 18.4 Å². The summed E-state index contributed by atoms with van der Waals surface area (Å²) in [6.07, 6.45) is 2.73.